The molecule has 1 aliphatic rings. The summed E-state index contributed by atoms with van der Waals surface area (Å²) in [7, 11) is -3.34. The van der Waals surface area contributed by atoms with Crippen molar-refractivity contribution in [2.75, 3.05) is 19.7 Å². The Hall–Kier alpha value is -1.45. The van der Waals surface area contributed by atoms with Crippen molar-refractivity contribution >= 4 is 18.6 Å². The fourth-order valence-electron chi connectivity index (χ4n) is 2.59. The Morgan fingerprint density at radius 3 is 2.38 bits per heavy atom. The molecule has 1 heterocycles. The molecule has 0 aliphatic carbocycles. The molecule has 0 fully saturated rings. The molecular weight excluding hydrogens is 323 g/mol. The lowest BCUT2D eigenvalue weighted by atomic mass is 10.1. The summed E-state index contributed by atoms with van der Waals surface area (Å²) in [6.07, 6.45) is 4.28. The fraction of sp³-hybridized carbons (Fsp3) is 0.556. The van der Waals surface area contributed by atoms with Gasteiger partial charge in [0.05, 0.1) is 11.9 Å². The average Bonchev–Trinajstić information content (AvgIpc) is 2.58. The van der Waals surface area contributed by atoms with Gasteiger partial charge in [-0.05, 0) is 25.8 Å². The van der Waals surface area contributed by atoms with Crippen molar-refractivity contribution in [3.05, 3.63) is 35.7 Å². The van der Waals surface area contributed by atoms with E-state index >= 15 is 0 Å². The minimum Gasteiger partial charge on any atom is -0.403 e. The topological polar surface area (TPSA) is 59.6 Å². The second kappa shape index (κ2) is 9.14. The van der Waals surface area contributed by atoms with E-state index in [9.17, 15) is 4.57 Å². The first kappa shape index (κ1) is 18.9. The normalized spacial score (nSPS) is 19.6. The summed E-state index contributed by atoms with van der Waals surface area (Å²) in [6, 6.07) is 7.62. The molecule has 0 aromatic heterocycles. The first-order chi connectivity index (χ1) is 11.7. The van der Waals surface area contributed by atoms with Gasteiger partial charge >= 0.3 is 7.60 Å². The summed E-state index contributed by atoms with van der Waals surface area (Å²) in [5.74, 6) is 0.537. The molecule has 0 amide bonds. The van der Waals surface area contributed by atoms with E-state index in [2.05, 4.69) is 24.5 Å². The van der Waals surface area contributed by atoms with Crippen LogP contribution in [-0.2, 0) is 13.6 Å². The van der Waals surface area contributed by atoms with Crippen molar-refractivity contribution in [3.63, 3.8) is 0 Å². The fourth-order valence-corrected chi connectivity index (χ4v) is 4.37. The molecule has 1 unspecified atom stereocenters. The second-order valence-corrected chi connectivity index (χ2v) is 7.71. The van der Waals surface area contributed by atoms with Gasteiger partial charge in [0, 0.05) is 18.7 Å². The molecule has 6 heteroatoms. The van der Waals surface area contributed by atoms with Crippen LogP contribution in [0.4, 0.5) is 0 Å². The molecule has 134 valence electrons. The number of unbranched alkanes of at least 4 members (excludes halogenated alkanes) is 2. The maximum Gasteiger partial charge on any atom is 0.412 e. The predicted octanol–water partition coefficient (Wildman–Crippen LogP) is 3.98. The maximum atomic E-state index is 13.2. The molecule has 5 nitrogen and oxygen atoms in total. The Labute approximate surface area is 145 Å². The molecule has 0 radical (unpaired) electrons. The van der Waals surface area contributed by atoms with Crippen LogP contribution in [-0.4, -0.2) is 19.7 Å². The van der Waals surface area contributed by atoms with Crippen LogP contribution in [0, 0.1) is 0 Å². The molecule has 1 aromatic rings. The van der Waals surface area contributed by atoms with E-state index < -0.39 is 7.60 Å². The van der Waals surface area contributed by atoms with Crippen LogP contribution in [0.15, 0.2) is 30.1 Å². The van der Waals surface area contributed by atoms with E-state index in [4.69, 9.17) is 9.05 Å². The second-order valence-electron chi connectivity index (χ2n) is 5.79. The number of rotatable bonds is 10. The minimum atomic E-state index is -3.34. The van der Waals surface area contributed by atoms with Gasteiger partial charge in [0.2, 0.25) is 5.88 Å². The van der Waals surface area contributed by atoms with E-state index in [1.165, 1.54) is 0 Å². The highest BCUT2D eigenvalue weighted by molar-refractivity contribution is 7.62. The Morgan fingerprint density at radius 1 is 1.04 bits per heavy atom. The largest absolute Gasteiger partial charge is 0.412 e. The maximum absolute atomic E-state index is 13.2. The Balaban J connectivity index is 2.39. The lowest BCUT2D eigenvalue weighted by Crippen LogP contribution is -2.32. The van der Waals surface area contributed by atoms with Crippen molar-refractivity contribution in [3.8, 4) is 0 Å². The van der Waals surface area contributed by atoms with Crippen molar-refractivity contribution in [1.82, 2.24) is 10.6 Å². The van der Waals surface area contributed by atoms with Crippen LogP contribution < -0.4 is 15.9 Å². The molecule has 1 aliphatic heterocycles. The highest BCUT2D eigenvalue weighted by atomic mass is 31.2. The van der Waals surface area contributed by atoms with Crippen molar-refractivity contribution in [2.24, 2.45) is 0 Å². The summed E-state index contributed by atoms with van der Waals surface area (Å²) in [6.45, 7) is 8.09. The van der Waals surface area contributed by atoms with Gasteiger partial charge in [0.15, 0.2) is 0 Å². The van der Waals surface area contributed by atoms with E-state index in [1.54, 1.807) is 0 Å². The first-order valence-electron chi connectivity index (χ1n) is 8.92. The smallest absolute Gasteiger partial charge is 0.403 e. The molecule has 2 N–H and O–H groups in total. The molecular formula is C18H29N2O3P. The van der Waals surface area contributed by atoms with Gasteiger partial charge in [0.1, 0.15) is 5.70 Å². The Morgan fingerprint density at radius 2 is 1.71 bits per heavy atom. The summed E-state index contributed by atoms with van der Waals surface area (Å²) < 4.78 is 24.6. The molecule has 1 aromatic carbocycles. The SMILES string of the molecule is CCCCNC1=C(NCCCC)c2ccccc2P(=O)(OCC)O1. The average molecular weight is 352 g/mol. The van der Waals surface area contributed by atoms with Crippen LogP contribution in [0.1, 0.15) is 52.0 Å². The molecule has 1 atom stereocenters. The van der Waals surface area contributed by atoms with Crippen LogP contribution in [0.3, 0.4) is 0 Å². The van der Waals surface area contributed by atoms with Crippen LogP contribution in [0.5, 0.6) is 0 Å². The van der Waals surface area contributed by atoms with Crippen LogP contribution in [0.2, 0.25) is 0 Å². The highest BCUT2D eigenvalue weighted by Gasteiger charge is 2.38. The van der Waals surface area contributed by atoms with Crippen LogP contribution in [0.25, 0.3) is 5.70 Å². The lowest BCUT2D eigenvalue weighted by molar-refractivity contribution is 0.248. The van der Waals surface area contributed by atoms with Crippen molar-refractivity contribution in [1.29, 1.82) is 0 Å². The number of fused-ring (bicyclic) bond motifs is 1. The zero-order valence-corrected chi connectivity index (χ0v) is 15.8. The molecule has 2 rings (SSSR count). The van der Waals surface area contributed by atoms with Gasteiger partial charge in [-0.1, -0.05) is 44.9 Å². The summed E-state index contributed by atoms with van der Waals surface area (Å²) in [4.78, 5) is 0. The van der Waals surface area contributed by atoms with Gasteiger partial charge in [0.25, 0.3) is 0 Å². The van der Waals surface area contributed by atoms with Gasteiger partial charge < -0.3 is 15.2 Å². The number of nitrogens with one attached hydrogen (secondary N) is 2. The Kier molecular flexibility index (Phi) is 7.19. The molecule has 0 saturated carbocycles. The van der Waals surface area contributed by atoms with Gasteiger partial charge in [-0.3, -0.25) is 4.52 Å². The van der Waals surface area contributed by atoms with Crippen molar-refractivity contribution in [2.45, 2.75) is 46.5 Å². The van der Waals surface area contributed by atoms with Crippen molar-refractivity contribution < 1.29 is 13.6 Å². The van der Waals surface area contributed by atoms with Crippen LogP contribution >= 0.6 is 7.60 Å². The standard InChI is InChI=1S/C18H29N2O3P/c1-4-7-13-19-17-15-11-9-10-12-16(15)24(21,22-6-3)23-18(17)20-14-8-5-2/h9-12,19-20H,4-8,13-14H2,1-3H3. The lowest BCUT2D eigenvalue weighted by Gasteiger charge is -2.30. The van der Waals surface area contributed by atoms with E-state index in [0.29, 0.717) is 17.8 Å². The quantitative estimate of drug-likeness (QED) is 0.493. The molecule has 0 spiro atoms. The monoisotopic (exact) mass is 352 g/mol. The highest BCUT2D eigenvalue weighted by Crippen LogP contribution is 2.53. The van der Waals surface area contributed by atoms with Gasteiger partial charge in [-0.2, -0.15) is 0 Å². The third-order valence-electron chi connectivity index (χ3n) is 3.85. The molecule has 0 bridgehead atoms. The number of benzene rings is 1. The predicted molar refractivity (Wildman–Crippen MR) is 99.1 cm³/mol. The first-order valence-corrected chi connectivity index (χ1v) is 10.5. The summed E-state index contributed by atoms with van der Waals surface area (Å²) >= 11 is 0. The zero-order valence-electron chi connectivity index (χ0n) is 14.9. The third-order valence-corrected chi connectivity index (χ3v) is 5.86. The summed E-state index contributed by atoms with van der Waals surface area (Å²) in [5.41, 5.74) is 1.77. The Bertz CT molecular complexity index is 616. The van der Waals surface area contributed by atoms with E-state index in [-0.39, 0.29) is 0 Å². The molecule has 0 saturated heterocycles. The van der Waals surface area contributed by atoms with Gasteiger partial charge in [-0.25, -0.2) is 4.57 Å². The zero-order chi connectivity index (χ0) is 17.4. The molecule has 24 heavy (non-hydrogen) atoms. The van der Waals surface area contributed by atoms with Gasteiger partial charge in [-0.15, -0.1) is 0 Å². The third kappa shape index (κ3) is 4.34. The summed E-state index contributed by atoms with van der Waals surface area (Å²) in [5, 5.41) is 7.38. The number of hydrogen-bond acceptors (Lipinski definition) is 5. The minimum absolute atomic E-state index is 0.340. The number of hydrogen-bond donors (Lipinski definition) is 2. The van der Waals surface area contributed by atoms with E-state index in [0.717, 1.165) is 50.0 Å². The van der Waals surface area contributed by atoms with E-state index in [1.807, 2.05) is 31.2 Å².